The molecule has 0 aliphatic rings. The van der Waals surface area contributed by atoms with Gasteiger partial charge in [-0.25, -0.2) is 9.67 Å². The molecule has 0 radical (unpaired) electrons. The van der Waals surface area contributed by atoms with Gasteiger partial charge in [-0.2, -0.15) is 5.10 Å². The first kappa shape index (κ1) is 18.9. The summed E-state index contributed by atoms with van der Waals surface area (Å²) >= 11 is 0. The minimum absolute atomic E-state index is 0.0801. The van der Waals surface area contributed by atoms with Gasteiger partial charge in [0.2, 0.25) is 0 Å². The van der Waals surface area contributed by atoms with Gasteiger partial charge in [-0.05, 0) is 40.2 Å². The van der Waals surface area contributed by atoms with Gasteiger partial charge in [-0.1, -0.05) is 6.92 Å². The summed E-state index contributed by atoms with van der Waals surface area (Å²) in [5, 5.41) is 14.1. The molecule has 0 saturated heterocycles. The fourth-order valence-electron chi connectivity index (χ4n) is 2.78. The number of amides is 1. The van der Waals surface area contributed by atoms with Crippen LogP contribution in [0.4, 0.5) is 0 Å². The van der Waals surface area contributed by atoms with E-state index in [1.165, 1.54) is 0 Å². The second kappa shape index (κ2) is 7.63. The summed E-state index contributed by atoms with van der Waals surface area (Å²) < 4.78 is 1.84. The lowest BCUT2D eigenvalue weighted by Gasteiger charge is -2.26. The Morgan fingerprint density at radius 1 is 1.32 bits per heavy atom. The lowest BCUT2D eigenvalue weighted by molar-refractivity contribution is -0.137. The number of aliphatic carboxylic acids is 1. The molecule has 136 valence electrons. The van der Waals surface area contributed by atoms with Crippen LogP contribution >= 0.6 is 0 Å². The summed E-state index contributed by atoms with van der Waals surface area (Å²) in [5.41, 5.74) is 1.96. The molecule has 1 N–H and O–H groups in total. The van der Waals surface area contributed by atoms with Crippen LogP contribution in [0.5, 0.6) is 0 Å². The molecule has 1 amide bonds. The molecule has 0 aliphatic carbocycles. The predicted octanol–water partition coefficient (Wildman–Crippen LogP) is 3.04. The number of carbonyl (C=O) groups excluding carboxylic acids is 1. The first-order valence-corrected chi connectivity index (χ1v) is 8.63. The van der Waals surface area contributed by atoms with Crippen LogP contribution in [-0.4, -0.2) is 49.2 Å². The monoisotopic (exact) mass is 346 g/mol. The van der Waals surface area contributed by atoms with Gasteiger partial charge in [0, 0.05) is 18.3 Å². The van der Waals surface area contributed by atoms with E-state index in [-0.39, 0.29) is 31.0 Å². The average molecular weight is 346 g/mol. The number of rotatable bonds is 7. The summed E-state index contributed by atoms with van der Waals surface area (Å²) in [4.78, 5) is 30.1. The molecule has 25 heavy (non-hydrogen) atoms. The highest BCUT2D eigenvalue weighted by Crippen LogP contribution is 2.24. The van der Waals surface area contributed by atoms with E-state index in [1.54, 1.807) is 17.2 Å². The van der Waals surface area contributed by atoms with Gasteiger partial charge in [0.1, 0.15) is 0 Å². The molecule has 0 fully saturated rings. The van der Waals surface area contributed by atoms with Gasteiger partial charge in [-0.15, -0.1) is 0 Å². The number of pyridine rings is 1. The van der Waals surface area contributed by atoms with E-state index >= 15 is 0 Å². The third kappa shape index (κ3) is 3.97. The van der Waals surface area contributed by atoms with E-state index in [0.717, 1.165) is 12.1 Å². The van der Waals surface area contributed by atoms with Crippen molar-refractivity contribution < 1.29 is 14.7 Å². The van der Waals surface area contributed by atoms with Gasteiger partial charge < -0.3 is 10.0 Å². The zero-order valence-corrected chi connectivity index (χ0v) is 15.5. The Balaban J connectivity index is 2.49. The number of hydrogen-bond acceptors (Lipinski definition) is 4. The molecule has 0 bridgehead atoms. The maximum Gasteiger partial charge on any atom is 0.305 e. The van der Waals surface area contributed by atoms with Crippen molar-refractivity contribution in [2.24, 2.45) is 0 Å². The van der Waals surface area contributed by atoms with Crippen LogP contribution < -0.4 is 0 Å². The third-order valence-electron chi connectivity index (χ3n) is 4.38. The Bertz CT molecular complexity index is 782. The minimum atomic E-state index is -0.918. The molecular formula is C18H26N4O3. The van der Waals surface area contributed by atoms with Crippen LogP contribution in [0.15, 0.2) is 12.3 Å². The smallest absolute Gasteiger partial charge is 0.305 e. The van der Waals surface area contributed by atoms with E-state index in [0.29, 0.717) is 16.6 Å². The first-order valence-electron chi connectivity index (χ1n) is 8.63. The van der Waals surface area contributed by atoms with E-state index in [9.17, 15) is 9.59 Å². The number of aryl methyl sites for hydroxylation is 1. The number of fused-ring (bicyclic) bond motifs is 1. The van der Waals surface area contributed by atoms with Gasteiger partial charge >= 0.3 is 5.97 Å². The second-order valence-corrected chi connectivity index (χ2v) is 6.63. The van der Waals surface area contributed by atoms with Crippen LogP contribution in [0.2, 0.25) is 0 Å². The molecule has 0 aliphatic heterocycles. The molecule has 2 aromatic heterocycles. The van der Waals surface area contributed by atoms with Crippen LogP contribution in [0.25, 0.3) is 11.0 Å². The quantitative estimate of drug-likeness (QED) is 0.832. The number of carboxylic acid groups (broad SMARTS) is 1. The number of nitrogens with zero attached hydrogens (tertiary/aromatic N) is 4. The Morgan fingerprint density at radius 3 is 2.56 bits per heavy atom. The Kier molecular flexibility index (Phi) is 5.77. The molecule has 2 aromatic rings. The van der Waals surface area contributed by atoms with Crippen LogP contribution in [0, 0.1) is 6.92 Å². The highest BCUT2D eigenvalue weighted by Gasteiger charge is 2.24. The normalized spacial score (nSPS) is 12.6. The summed E-state index contributed by atoms with van der Waals surface area (Å²) in [7, 11) is 0. The van der Waals surface area contributed by atoms with Crippen molar-refractivity contribution in [1.82, 2.24) is 19.7 Å². The van der Waals surface area contributed by atoms with Gasteiger partial charge in [-0.3, -0.25) is 9.59 Å². The largest absolute Gasteiger partial charge is 0.481 e. The number of carboxylic acids is 1. The van der Waals surface area contributed by atoms with E-state index in [2.05, 4.69) is 23.9 Å². The number of hydrogen-bond donors (Lipinski definition) is 1. The fourth-order valence-corrected chi connectivity index (χ4v) is 2.78. The van der Waals surface area contributed by atoms with Gasteiger partial charge in [0.25, 0.3) is 5.91 Å². The molecule has 0 saturated carbocycles. The Labute approximate surface area is 147 Å². The molecule has 0 spiro atoms. The molecule has 2 heterocycles. The SMILES string of the molecule is CCC(C)n1ncc2c(C(=O)N(CCC(=O)O)C(C)C)cc(C)nc21. The predicted molar refractivity (Wildman–Crippen MR) is 95.7 cm³/mol. The maximum absolute atomic E-state index is 13.1. The Morgan fingerprint density at radius 2 is 2.00 bits per heavy atom. The zero-order valence-electron chi connectivity index (χ0n) is 15.5. The molecular weight excluding hydrogens is 320 g/mol. The highest BCUT2D eigenvalue weighted by molar-refractivity contribution is 6.05. The van der Waals surface area contributed by atoms with E-state index < -0.39 is 5.97 Å². The summed E-state index contributed by atoms with van der Waals surface area (Å²) in [5.74, 6) is -1.10. The summed E-state index contributed by atoms with van der Waals surface area (Å²) in [6, 6.07) is 1.84. The lowest BCUT2D eigenvalue weighted by Crippen LogP contribution is -2.38. The average Bonchev–Trinajstić information content (AvgIpc) is 2.96. The lowest BCUT2D eigenvalue weighted by atomic mass is 10.1. The topological polar surface area (TPSA) is 88.3 Å². The van der Waals surface area contributed by atoms with Crippen LogP contribution in [0.1, 0.15) is 62.6 Å². The summed E-state index contributed by atoms with van der Waals surface area (Å²) in [6.07, 6.45) is 2.51. The van der Waals surface area contributed by atoms with Gasteiger partial charge in [0.15, 0.2) is 5.65 Å². The van der Waals surface area contributed by atoms with Crippen LogP contribution in [-0.2, 0) is 4.79 Å². The van der Waals surface area contributed by atoms with Crippen molar-refractivity contribution in [2.75, 3.05) is 6.54 Å². The third-order valence-corrected chi connectivity index (χ3v) is 4.38. The van der Waals surface area contributed by atoms with Crippen molar-refractivity contribution in [3.63, 3.8) is 0 Å². The van der Waals surface area contributed by atoms with Crippen molar-refractivity contribution in [3.05, 3.63) is 23.5 Å². The molecule has 7 heteroatoms. The van der Waals surface area contributed by atoms with Crippen LogP contribution in [0.3, 0.4) is 0 Å². The van der Waals surface area contributed by atoms with E-state index in [1.807, 2.05) is 25.5 Å². The second-order valence-electron chi connectivity index (χ2n) is 6.63. The molecule has 1 atom stereocenters. The first-order chi connectivity index (χ1) is 11.8. The standard InChI is InChI=1S/C18H26N4O3/c1-6-13(5)22-17-15(10-19-22)14(9-12(4)20-17)18(25)21(11(2)3)8-7-16(23)24/h9-11,13H,6-8H2,1-5H3,(H,23,24). The number of carbonyl (C=O) groups is 2. The van der Waals surface area contributed by atoms with Crippen molar-refractivity contribution in [3.8, 4) is 0 Å². The van der Waals surface area contributed by atoms with Crippen molar-refractivity contribution in [2.45, 2.75) is 59.5 Å². The highest BCUT2D eigenvalue weighted by atomic mass is 16.4. The maximum atomic E-state index is 13.1. The summed E-state index contributed by atoms with van der Waals surface area (Å²) in [6.45, 7) is 9.92. The van der Waals surface area contributed by atoms with Gasteiger partial charge in [0.05, 0.1) is 29.6 Å². The molecule has 1 unspecified atom stereocenters. The minimum Gasteiger partial charge on any atom is -0.481 e. The molecule has 2 rings (SSSR count). The molecule has 0 aromatic carbocycles. The van der Waals surface area contributed by atoms with E-state index in [4.69, 9.17) is 5.11 Å². The molecule has 7 nitrogen and oxygen atoms in total. The Hall–Kier alpha value is -2.44. The van der Waals surface area contributed by atoms with Crippen molar-refractivity contribution in [1.29, 1.82) is 0 Å². The van der Waals surface area contributed by atoms with Crippen molar-refractivity contribution >= 4 is 22.9 Å². The fraction of sp³-hybridized carbons (Fsp3) is 0.556. The zero-order chi connectivity index (χ0) is 18.7. The number of aromatic nitrogens is 3.